The molecule has 0 atom stereocenters. The molecule has 0 aliphatic carbocycles. The van der Waals surface area contributed by atoms with Crippen LogP contribution in [0.3, 0.4) is 0 Å². The van der Waals surface area contributed by atoms with Crippen molar-refractivity contribution < 1.29 is 9.53 Å². The molecule has 5 heteroatoms. The van der Waals surface area contributed by atoms with Crippen LogP contribution in [0.4, 0.5) is 5.69 Å². The molecule has 19 heavy (non-hydrogen) atoms. The molecule has 0 spiro atoms. The van der Waals surface area contributed by atoms with E-state index in [9.17, 15) is 4.79 Å². The van der Waals surface area contributed by atoms with Crippen molar-refractivity contribution in [3.05, 3.63) is 29.8 Å². The van der Waals surface area contributed by atoms with Gasteiger partial charge in [-0.15, -0.1) is 12.4 Å². The number of carbonyl (C=O) groups is 1. The van der Waals surface area contributed by atoms with E-state index < -0.39 is 0 Å². The molecule has 4 nitrogen and oxygen atoms in total. The van der Waals surface area contributed by atoms with Crippen molar-refractivity contribution in [1.29, 1.82) is 0 Å². The molecule has 0 heterocycles. The van der Waals surface area contributed by atoms with Crippen molar-refractivity contribution in [2.45, 2.75) is 13.8 Å². The minimum Gasteiger partial charge on any atom is -0.399 e. The van der Waals surface area contributed by atoms with Gasteiger partial charge < -0.3 is 15.4 Å². The third-order valence-corrected chi connectivity index (χ3v) is 2.60. The first-order chi connectivity index (χ1) is 8.54. The van der Waals surface area contributed by atoms with E-state index in [1.807, 2.05) is 4.90 Å². The summed E-state index contributed by atoms with van der Waals surface area (Å²) in [7, 11) is 1.64. The molecule has 0 unspecified atom stereocenters. The highest BCUT2D eigenvalue weighted by molar-refractivity contribution is 5.94. The molecule has 0 saturated heterocycles. The SMILES string of the molecule is COCCN(CC(C)C)C(=O)c1ccc(N)cc1.Cl. The van der Waals surface area contributed by atoms with E-state index in [2.05, 4.69) is 13.8 Å². The number of methoxy groups -OCH3 is 1. The molecule has 2 N–H and O–H groups in total. The van der Waals surface area contributed by atoms with Gasteiger partial charge in [0.05, 0.1) is 6.61 Å². The first-order valence-corrected chi connectivity index (χ1v) is 6.18. The number of carbonyl (C=O) groups excluding carboxylic acids is 1. The monoisotopic (exact) mass is 286 g/mol. The molecule has 0 aromatic heterocycles. The molecular weight excluding hydrogens is 264 g/mol. The van der Waals surface area contributed by atoms with Crippen LogP contribution in [0, 0.1) is 5.92 Å². The number of rotatable bonds is 6. The molecule has 108 valence electrons. The lowest BCUT2D eigenvalue weighted by Crippen LogP contribution is -2.36. The van der Waals surface area contributed by atoms with Gasteiger partial charge in [0.25, 0.3) is 5.91 Å². The maximum absolute atomic E-state index is 12.3. The fourth-order valence-corrected chi connectivity index (χ4v) is 1.73. The highest BCUT2D eigenvalue weighted by Crippen LogP contribution is 2.10. The third-order valence-electron chi connectivity index (χ3n) is 2.60. The smallest absolute Gasteiger partial charge is 0.253 e. The molecule has 1 aromatic rings. The van der Waals surface area contributed by atoms with Gasteiger partial charge in [-0.2, -0.15) is 0 Å². The van der Waals surface area contributed by atoms with Gasteiger partial charge in [0, 0.05) is 31.5 Å². The van der Waals surface area contributed by atoms with E-state index in [0.717, 1.165) is 6.54 Å². The Labute approximate surface area is 121 Å². The van der Waals surface area contributed by atoms with E-state index in [0.29, 0.717) is 30.3 Å². The molecule has 0 saturated carbocycles. The molecule has 0 aliphatic heterocycles. The van der Waals surface area contributed by atoms with Crippen LogP contribution in [0.25, 0.3) is 0 Å². The fraction of sp³-hybridized carbons (Fsp3) is 0.500. The Morgan fingerprint density at radius 2 is 1.89 bits per heavy atom. The maximum atomic E-state index is 12.3. The first-order valence-electron chi connectivity index (χ1n) is 6.18. The zero-order valence-corrected chi connectivity index (χ0v) is 12.6. The maximum Gasteiger partial charge on any atom is 0.253 e. The van der Waals surface area contributed by atoms with Crippen molar-refractivity contribution in [3.63, 3.8) is 0 Å². The Morgan fingerprint density at radius 3 is 2.37 bits per heavy atom. The van der Waals surface area contributed by atoms with E-state index in [1.54, 1.807) is 31.4 Å². The Hall–Kier alpha value is -1.26. The Morgan fingerprint density at radius 1 is 1.32 bits per heavy atom. The summed E-state index contributed by atoms with van der Waals surface area (Å²) in [5, 5.41) is 0. The van der Waals surface area contributed by atoms with Crippen LogP contribution >= 0.6 is 12.4 Å². The zero-order valence-electron chi connectivity index (χ0n) is 11.8. The van der Waals surface area contributed by atoms with Gasteiger partial charge in [0.15, 0.2) is 0 Å². The summed E-state index contributed by atoms with van der Waals surface area (Å²) >= 11 is 0. The number of hydrogen-bond donors (Lipinski definition) is 1. The Bertz CT molecular complexity index is 380. The van der Waals surface area contributed by atoms with Gasteiger partial charge in [-0.3, -0.25) is 4.79 Å². The average Bonchev–Trinajstić information content (AvgIpc) is 2.34. The van der Waals surface area contributed by atoms with Crippen molar-refractivity contribution in [3.8, 4) is 0 Å². The molecular formula is C14H23ClN2O2. The van der Waals surface area contributed by atoms with Gasteiger partial charge in [-0.25, -0.2) is 0 Å². The zero-order chi connectivity index (χ0) is 13.5. The molecule has 0 aliphatic rings. The van der Waals surface area contributed by atoms with Gasteiger partial charge in [0.2, 0.25) is 0 Å². The minimum absolute atomic E-state index is 0. The van der Waals surface area contributed by atoms with Crippen molar-refractivity contribution in [2.75, 3.05) is 32.5 Å². The first kappa shape index (κ1) is 17.7. The van der Waals surface area contributed by atoms with Crippen LogP contribution < -0.4 is 5.73 Å². The predicted octanol–water partition coefficient (Wildman–Crippen LogP) is 2.44. The molecule has 0 fully saturated rings. The van der Waals surface area contributed by atoms with Gasteiger partial charge in [-0.1, -0.05) is 13.8 Å². The van der Waals surface area contributed by atoms with Crippen LogP contribution in [-0.2, 0) is 4.74 Å². The molecule has 1 aromatic carbocycles. The van der Waals surface area contributed by atoms with Crippen LogP contribution in [0.2, 0.25) is 0 Å². The van der Waals surface area contributed by atoms with Crippen LogP contribution in [0.1, 0.15) is 24.2 Å². The number of nitrogens with zero attached hydrogens (tertiary/aromatic N) is 1. The number of anilines is 1. The van der Waals surface area contributed by atoms with Crippen molar-refractivity contribution in [2.24, 2.45) is 5.92 Å². The summed E-state index contributed by atoms with van der Waals surface area (Å²) in [6.45, 7) is 6.07. The summed E-state index contributed by atoms with van der Waals surface area (Å²) in [6.07, 6.45) is 0. The van der Waals surface area contributed by atoms with E-state index in [4.69, 9.17) is 10.5 Å². The summed E-state index contributed by atoms with van der Waals surface area (Å²) in [5.41, 5.74) is 6.95. The molecule has 0 bridgehead atoms. The number of ether oxygens (including phenoxy) is 1. The predicted molar refractivity (Wildman–Crippen MR) is 80.7 cm³/mol. The van der Waals surface area contributed by atoms with E-state index in [-0.39, 0.29) is 18.3 Å². The molecule has 1 rings (SSSR count). The molecule has 1 amide bonds. The van der Waals surface area contributed by atoms with Crippen LogP contribution in [0.5, 0.6) is 0 Å². The Kier molecular flexibility index (Phi) is 8.19. The number of amides is 1. The second-order valence-electron chi connectivity index (χ2n) is 4.76. The average molecular weight is 287 g/mol. The second-order valence-corrected chi connectivity index (χ2v) is 4.76. The summed E-state index contributed by atoms with van der Waals surface area (Å²) in [4.78, 5) is 14.1. The summed E-state index contributed by atoms with van der Waals surface area (Å²) < 4.78 is 5.05. The number of nitrogens with two attached hydrogens (primary N) is 1. The van der Waals surface area contributed by atoms with Gasteiger partial charge >= 0.3 is 0 Å². The molecule has 0 radical (unpaired) electrons. The lowest BCUT2D eigenvalue weighted by atomic mass is 10.1. The lowest BCUT2D eigenvalue weighted by Gasteiger charge is -2.24. The van der Waals surface area contributed by atoms with Gasteiger partial charge in [0.1, 0.15) is 0 Å². The summed E-state index contributed by atoms with van der Waals surface area (Å²) in [5.74, 6) is 0.459. The minimum atomic E-state index is 0. The quantitative estimate of drug-likeness (QED) is 0.817. The topological polar surface area (TPSA) is 55.6 Å². The van der Waals surface area contributed by atoms with Crippen LogP contribution in [0.15, 0.2) is 24.3 Å². The number of nitrogen functional groups attached to an aromatic ring is 1. The lowest BCUT2D eigenvalue weighted by molar-refractivity contribution is 0.0672. The third kappa shape index (κ3) is 5.94. The highest BCUT2D eigenvalue weighted by atomic mass is 35.5. The van der Waals surface area contributed by atoms with Gasteiger partial charge in [-0.05, 0) is 30.2 Å². The van der Waals surface area contributed by atoms with Crippen molar-refractivity contribution in [1.82, 2.24) is 4.90 Å². The number of halogens is 1. The van der Waals surface area contributed by atoms with E-state index >= 15 is 0 Å². The number of benzene rings is 1. The van der Waals surface area contributed by atoms with Crippen molar-refractivity contribution >= 4 is 24.0 Å². The normalized spacial score (nSPS) is 10.1. The Balaban J connectivity index is 0.00000324. The highest BCUT2D eigenvalue weighted by Gasteiger charge is 2.16. The fourth-order valence-electron chi connectivity index (χ4n) is 1.73. The number of hydrogen-bond acceptors (Lipinski definition) is 3. The largest absolute Gasteiger partial charge is 0.399 e. The van der Waals surface area contributed by atoms with Crippen LogP contribution in [-0.4, -0.2) is 37.6 Å². The summed E-state index contributed by atoms with van der Waals surface area (Å²) in [6, 6.07) is 7.02. The van der Waals surface area contributed by atoms with E-state index in [1.165, 1.54) is 0 Å². The standard InChI is InChI=1S/C14H22N2O2.ClH/c1-11(2)10-16(8-9-18-3)14(17)12-4-6-13(15)7-5-12;/h4-7,11H,8-10,15H2,1-3H3;1H. The second kappa shape index (κ2) is 8.77.